The number of aliphatic hydroxyl groups excluding tert-OH is 1. The molecule has 3 aromatic carbocycles. The third-order valence-corrected chi connectivity index (χ3v) is 21.4. The molecule has 13 atom stereocenters. The average molecular weight is 1530 g/mol. The molecule has 0 bridgehead atoms. The predicted octanol–water partition coefficient (Wildman–Crippen LogP) is 2.74. The van der Waals surface area contributed by atoms with Crippen molar-refractivity contribution in [3.05, 3.63) is 108 Å². The average Bonchev–Trinajstić information content (AvgIpc) is 0.816. The summed E-state index contributed by atoms with van der Waals surface area (Å²) >= 11 is 0. The summed E-state index contributed by atoms with van der Waals surface area (Å²) in [6.45, 7) is 18.5. The van der Waals surface area contributed by atoms with Gasteiger partial charge in [-0.25, -0.2) is 0 Å². The minimum absolute atomic E-state index is 0.0221. The fourth-order valence-corrected chi connectivity index (χ4v) is 13.5. The maximum absolute atomic E-state index is 15.7. The van der Waals surface area contributed by atoms with Gasteiger partial charge in [-0.1, -0.05) is 133 Å². The van der Waals surface area contributed by atoms with Crippen LogP contribution in [0, 0.1) is 17.8 Å². The van der Waals surface area contributed by atoms with E-state index in [2.05, 4.69) is 21.3 Å². The molecule has 2 heterocycles. The maximum Gasteiger partial charge on any atom is 0.248 e. The molecule has 0 saturated carbocycles. The lowest BCUT2D eigenvalue weighted by Gasteiger charge is -2.38. The topological polar surface area (TPSA) is 340 Å². The summed E-state index contributed by atoms with van der Waals surface area (Å²) in [4.78, 5) is 220. The molecule has 2 aliphatic rings. The number of piperidine rings is 1. The Kier molecular flexibility index (Phi) is 34.5. The Balaban J connectivity index is 1.64. The van der Waals surface area contributed by atoms with Crippen LogP contribution in [0.3, 0.4) is 0 Å². The highest BCUT2D eigenvalue weighted by atomic mass is 16.3. The first-order valence-electron chi connectivity index (χ1n) is 38.3. The molecule has 2 saturated heterocycles. The molecule has 29 heteroatoms. The van der Waals surface area contributed by atoms with Gasteiger partial charge in [-0.15, -0.1) is 0 Å². The smallest absolute Gasteiger partial charge is 0.248 e. The van der Waals surface area contributed by atoms with E-state index in [4.69, 9.17) is 0 Å². The van der Waals surface area contributed by atoms with E-state index in [0.717, 1.165) is 38.9 Å². The highest BCUT2D eigenvalue weighted by Gasteiger charge is 2.45. The normalized spacial score (nSPS) is 23.6. The van der Waals surface area contributed by atoms with Gasteiger partial charge in [-0.05, 0) is 101 Å². The van der Waals surface area contributed by atoms with Crippen LogP contribution in [0.2, 0.25) is 0 Å². The molecular weight excluding hydrogens is 1410 g/mol. The predicted molar refractivity (Wildman–Crippen MR) is 416 cm³/mol. The summed E-state index contributed by atoms with van der Waals surface area (Å²) in [7, 11) is 12.3. The number of nitrogens with zero attached hydrogens (tertiary/aromatic N) is 10. The minimum Gasteiger partial charge on any atom is -0.391 e. The largest absolute Gasteiger partial charge is 0.391 e. The molecule has 0 unspecified atom stereocenters. The van der Waals surface area contributed by atoms with Crippen molar-refractivity contribution >= 4 is 82.7 Å². The number of hydrogen-bond acceptors (Lipinski definition) is 15. The Morgan fingerprint density at radius 3 is 1.35 bits per heavy atom. The number of hydrogen-bond donors (Lipinski definition) is 5. The van der Waals surface area contributed by atoms with Crippen LogP contribution in [-0.2, 0) is 86.4 Å². The highest BCUT2D eigenvalue weighted by molar-refractivity contribution is 6.01. The lowest BCUT2D eigenvalue weighted by atomic mass is 9.97. The van der Waals surface area contributed by atoms with Crippen LogP contribution in [0.1, 0.15) is 138 Å². The van der Waals surface area contributed by atoms with Gasteiger partial charge in [0.2, 0.25) is 82.7 Å². The zero-order valence-electron chi connectivity index (χ0n) is 68.2. The van der Waals surface area contributed by atoms with Crippen LogP contribution < -0.4 is 21.3 Å². The number of carbonyl (C=O) groups excluding carboxylic acids is 14. The maximum atomic E-state index is 15.7. The van der Waals surface area contributed by atoms with Gasteiger partial charge in [-0.3, -0.25) is 67.1 Å². The summed E-state index contributed by atoms with van der Waals surface area (Å²) in [6.07, 6.45) is -0.268. The molecule has 3 aromatic rings. The fourth-order valence-electron chi connectivity index (χ4n) is 13.5. The molecule has 110 heavy (non-hydrogen) atoms. The van der Waals surface area contributed by atoms with Crippen LogP contribution in [-0.4, -0.2) is 298 Å². The van der Waals surface area contributed by atoms with Crippen molar-refractivity contribution in [1.82, 2.24) is 70.3 Å². The summed E-state index contributed by atoms with van der Waals surface area (Å²) in [5.74, 6) is -11.3. The summed E-state index contributed by atoms with van der Waals surface area (Å²) in [5, 5.41) is 22.1. The third-order valence-electron chi connectivity index (χ3n) is 21.4. The highest BCUT2D eigenvalue weighted by Crippen LogP contribution is 2.24. The Labute approximate surface area is 649 Å². The fraction of sp³-hybridized carbons (Fsp3) is 0.605. The van der Waals surface area contributed by atoms with Gasteiger partial charge in [0.1, 0.15) is 72.5 Å². The Morgan fingerprint density at radius 1 is 0.482 bits per heavy atom. The minimum atomic E-state index is -1.85. The second-order valence-corrected chi connectivity index (χ2v) is 31.0. The van der Waals surface area contributed by atoms with Crippen LogP contribution in [0.4, 0.5) is 0 Å². The number of likely N-dealkylation sites (N-methyl/N-ethyl adjacent to an activating group) is 8. The molecule has 2 aliphatic heterocycles. The van der Waals surface area contributed by atoms with E-state index in [0.29, 0.717) is 29.8 Å². The third kappa shape index (κ3) is 24.3. The zero-order valence-corrected chi connectivity index (χ0v) is 68.2. The lowest BCUT2D eigenvalue weighted by Crippen LogP contribution is -2.62. The lowest BCUT2D eigenvalue weighted by molar-refractivity contribution is -0.153. The van der Waals surface area contributed by atoms with Crippen molar-refractivity contribution in [1.29, 1.82) is 0 Å². The van der Waals surface area contributed by atoms with Gasteiger partial charge < -0.3 is 75.4 Å². The van der Waals surface area contributed by atoms with E-state index in [9.17, 15) is 57.8 Å². The van der Waals surface area contributed by atoms with Crippen LogP contribution in [0.25, 0.3) is 0 Å². The first kappa shape index (κ1) is 90.8. The first-order chi connectivity index (χ1) is 51.6. The van der Waals surface area contributed by atoms with Crippen molar-refractivity contribution in [2.45, 2.75) is 219 Å². The van der Waals surface area contributed by atoms with Crippen molar-refractivity contribution in [2.24, 2.45) is 17.8 Å². The second kappa shape index (κ2) is 41.8. The molecular formula is C81H122N14O15. The number of likely N-dealkylation sites (tertiary alicyclic amines) is 1. The summed E-state index contributed by atoms with van der Waals surface area (Å²) in [6, 6.07) is 10.1. The van der Waals surface area contributed by atoms with Gasteiger partial charge in [-0.2, -0.15) is 0 Å². The van der Waals surface area contributed by atoms with Gasteiger partial charge in [0.15, 0.2) is 0 Å². The Hall–Kier alpha value is -9.80. The monoisotopic (exact) mass is 1530 g/mol. The van der Waals surface area contributed by atoms with Crippen molar-refractivity contribution in [3.8, 4) is 0 Å². The van der Waals surface area contributed by atoms with Crippen molar-refractivity contribution in [3.63, 3.8) is 0 Å². The van der Waals surface area contributed by atoms with Gasteiger partial charge in [0.25, 0.3) is 0 Å². The number of rotatable bonds is 19. The molecule has 14 amide bonds. The number of aliphatic hydroxyl groups is 1. The molecule has 0 aromatic heterocycles. The molecule has 0 aliphatic carbocycles. The summed E-state index contributed by atoms with van der Waals surface area (Å²) in [5.41, 5.74) is 1.90. The molecule has 0 radical (unpaired) electrons. The molecule has 5 rings (SSSR count). The van der Waals surface area contributed by atoms with Crippen LogP contribution >= 0.6 is 0 Å². The van der Waals surface area contributed by atoms with Crippen LogP contribution in [0.5, 0.6) is 0 Å². The first-order valence-corrected chi connectivity index (χ1v) is 38.3. The van der Waals surface area contributed by atoms with Crippen LogP contribution in [0.15, 0.2) is 91.0 Å². The number of nitrogens with one attached hydrogen (secondary N) is 4. The Morgan fingerprint density at radius 2 is 0.891 bits per heavy atom. The molecule has 606 valence electrons. The van der Waals surface area contributed by atoms with E-state index in [1.165, 1.54) is 116 Å². The quantitative estimate of drug-likeness (QED) is 0.115. The van der Waals surface area contributed by atoms with E-state index in [-0.39, 0.29) is 56.4 Å². The van der Waals surface area contributed by atoms with Gasteiger partial charge in [0.05, 0.1) is 12.5 Å². The van der Waals surface area contributed by atoms with Crippen molar-refractivity contribution < 1.29 is 72.2 Å². The van der Waals surface area contributed by atoms with Crippen molar-refractivity contribution in [2.75, 3.05) is 83.1 Å². The SMILES string of the molecule is CC(C)C[C@H]1C(=O)N(C)[C@@H](C)C(=O)N[C@@H]([C@@H](C)O)C(=O)N(C)[C@@H](C)C(=O)N[C@H](C(=O)N(C)[C@@H](Cc2ccccc2)C(=O)N(C)[C@@H](Cc2ccccc2)C(=O)N[C@@H](C)C(=O)N2CCCCC2)CC(=O)N(C)CCC(=O)N(C)[C@@H](Cc2ccccc2)C(=O)N(C)[C@@H](CC(C)C)C(=O)N(C)[C@@H](C)C(=O)N[C@@H](C(C)C)C(=O)N1C. The number of amides is 14. The molecule has 2 fully saturated rings. The van der Waals surface area contributed by atoms with E-state index < -0.39 is 174 Å². The number of benzene rings is 3. The van der Waals surface area contributed by atoms with Gasteiger partial charge >= 0.3 is 0 Å². The van der Waals surface area contributed by atoms with E-state index >= 15 is 14.4 Å². The number of carbonyl (C=O) groups is 14. The van der Waals surface area contributed by atoms with Gasteiger partial charge in [0, 0.05) is 109 Å². The van der Waals surface area contributed by atoms with E-state index in [1.807, 2.05) is 27.7 Å². The second-order valence-electron chi connectivity index (χ2n) is 31.0. The molecule has 0 spiro atoms. The zero-order chi connectivity index (χ0) is 82.5. The molecule has 5 N–H and O–H groups in total. The Bertz CT molecular complexity index is 3670. The molecule has 29 nitrogen and oxygen atoms in total. The summed E-state index contributed by atoms with van der Waals surface area (Å²) < 4.78 is 0. The van der Waals surface area contributed by atoms with E-state index in [1.54, 1.807) is 117 Å². The standard InChI is InChI=1S/C81H122N14O15/c1-49(2)43-62-76(105)87(13)54(9)71(100)84-68(51(5)6)80(109)94(20)63(44-50(3)4)77(106)88(14)55(10)72(101)85-69(56(11)96)81(110)89(15)53(8)70(99)83-60(48-67(98)86(12)42-39-66(97)90(16)64(78(107)93(62)19)46-58-35-27-22-28-36-58)75(104)92(18)65(47-59-37-29-23-30-38-59)79(108)91(17)61(45-57-33-25-21-26-34-57)73(102)82-52(7)74(103)95-40-31-24-32-41-95/h21-23,25-30,33-38,49-56,60-65,68-69,96H,24,31-32,39-48H2,1-20H3,(H,82,102)(H,83,99)(H,84,100)(H,85,101)/t52-,53-,54-,55-,56+,60-,61-,62-,63-,64-,65-,68-,69-/m0/s1.